The lowest BCUT2D eigenvalue weighted by atomic mass is 10.2. The third-order valence-electron chi connectivity index (χ3n) is 3.07. The van der Waals surface area contributed by atoms with E-state index < -0.39 is 11.9 Å². The number of hydrogen-bond acceptors (Lipinski definition) is 3. The normalized spacial score (nSPS) is 30.9. The average molecular weight is 212 g/mol. The molecule has 1 aliphatic heterocycles. The van der Waals surface area contributed by atoms with E-state index in [0.717, 1.165) is 25.9 Å². The van der Waals surface area contributed by atoms with Crippen molar-refractivity contribution in [3.8, 4) is 0 Å². The minimum absolute atomic E-state index is 0.121. The Bertz CT molecular complexity index is 274. The SMILES string of the molecule is O=C(O)C1CC1C(=O)NN1CCCCC1. The number of carbonyl (C=O) groups excluding carboxylic acids is 1. The van der Waals surface area contributed by atoms with Crippen LogP contribution < -0.4 is 5.43 Å². The van der Waals surface area contributed by atoms with E-state index in [1.165, 1.54) is 6.42 Å². The van der Waals surface area contributed by atoms with Gasteiger partial charge in [-0.05, 0) is 19.3 Å². The predicted molar refractivity (Wildman–Crippen MR) is 52.8 cm³/mol. The predicted octanol–water partition coefficient (Wildman–Crippen LogP) is 0.224. The van der Waals surface area contributed by atoms with Gasteiger partial charge in [-0.1, -0.05) is 6.42 Å². The molecule has 0 spiro atoms. The lowest BCUT2D eigenvalue weighted by molar-refractivity contribution is -0.140. The maximum Gasteiger partial charge on any atom is 0.307 e. The molecule has 0 radical (unpaired) electrons. The Labute approximate surface area is 88.4 Å². The molecule has 2 fully saturated rings. The third-order valence-corrected chi connectivity index (χ3v) is 3.07. The highest BCUT2D eigenvalue weighted by atomic mass is 16.4. The number of nitrogens with zero attached hydrogens (tertiary/aromatic N) is 1. The van der Waals surface area contributed by atoms with Gasteiger partial charge in [0.25, 0.3) is 0 Å². The largest absolute Gasteiger partial charge is 0.481 e. The molecule has 0 aromatic heterocycles. The van der Waals surface area contributed by atoms with Gasteiger partial charge in [0.15, 0.2) is 0 Å². The molecule has 2 aliphatic rings. The number of carboxylic acids is 1. The van der Waals surface area contributed by atoms with Crippen LogP contribution in [0, 0.1) is 11.8 Å². The van der Waals surface area contributed by atoms with Crippen LogP contribution in [0.2, 0.25) is 0 Å². The first kappa shape index (κ1) is 10.4. The van der Waals surface area contributed by atoms with Gasteiger partial charge in [0.05, 0.1) is 11.8 Å². The van der Waals surface area contributed by atoms with Gasteiger partial charge < -0.3 is 5.11 Å². The smallest absolute Gasteiger partial charge is 0.307 e. The Kier molecular flexibility index (Phi) is 2.90. The van der Waals surface area contributed by atoms with Crippen molar-refractivity contribution < 1.29 is 14.7 Å². The van der Waals surface area contributed by atoms with E-state index in [9.17, 15) is 9.59 Å². The Hall–Kier alpha value is -1.10. The van der Waals surface area contributed by atoms with Crippen molar-refractivity contribution in [3.05, 3.63) is 0 Å². The number of amides is 1. The topological polar surface area (TPSA) is 69.6 Å². The van der Waals surface area contributed by atoms with Crippen LogP contribution in [-0.2, 0) is 9.59 Å². The number of piperidine rings is 1. The number of hydrazine groups is 1. The van der Waals surface area contributed by atoms with Crippen molar-refractivity contribution in [2.45, 2.75) is 25.7 Å². The van der Waals surface area contributed by atoms with Gasteiger partial charge in [0.2, 0.25) is 5.91 Å². The van der Waals surface area contributed by atoms with Gasteiger partial charge in [-0.3, -0.25) is 15.0 Å². The minimum atomic E-state index is -0.853. The first-order valence-corrected chi connectivity index (χ1v) is 5.47. The van der Waals surface area contributed by atoms with Crippen molar-refractivity contribution in [1.82, 2.24) is 10.4 Å². The zero-order valence-corrected chi connectivity index (χ0v) is 8.61. The number of nitrogens with one attached hydrogen (secondary N) is 1. The minimum Gasteiger partial charge on any atom is -0.481 e. The van der Waals surface area contributed by atoms with Crippen molar-refractivity contribution in [3.63, 3.8) is 0 Å². The molecule has 5 nitrogen and oxygen atoms in total. The number of aliphatic carboxylic acids is 1. The first-order valence-electron chi connectivity index (χ1n) is 5.47. The van der Waals surface area contributed by atoms with Crippen LogP contribution in [0.25, 0.3) is 0 Å². The van der Waals surface area contributed by atoms with Crippen LogP contribution in [0.4, 0.5) is 0 Å². The summed E-state index contributed by atoms with van der Waals surface area (Å²) >= 11 is 0. The van der Waals surface area contributed by atoms with Crippen LogP contribution in [-0.4, -0.2) is 35.1 Å². The molecule has 2 rings (SSSR count). The molecule has 0 bridgehead atoms. The molecule has 2 unspecified atom stereocenters. The fourth-order valence-electron chi connectivity index (χ4n) is 2.00. The highest BCUT2D eigenvalue weighted by Crippen LogP contribution is 2.38. The second kappa shape index (κ2) is 4.18. The number of hydrogen-bond donors (Lipinski definition) is 2. The standard InChI is InChI=1S/C10H16N2O3/c13-9(7-6-8(7)10(14)15)11-12-4-2-1-3-5-12/h7-8H,1-6H2,(H,11,13)(H,14,15). The molecule has 0 aromatic rings. The lowest BCUT2D eigenvalue weighted by Gasteiger charge is -2.26. The van der Waals surface area contributed by atoms with Gasteiger partial charge in [0, 0.05) is 13.1 Å². The summed E-state index contributed by atoms with van der Waals surface area (Å²) in [5.74, 6) is -1.72. The molecule has 5 heteroatoms. The van der Waals surface area contributed by atoms with E-state index in [1.54, 1.807) is 0 Å². The lowest BCUT2D eigenvalue weighted by Crippen LogP contribution is -2.46. The second-order valence-electron chi connectivity index (χ2n) is 4.31. The van der Waals surface area contributed by atoms with Gasteiger partial charge in [0.1, 0.15) is 0 Å². The quantitative estimate of drug-likeness (QED) is 0.702. The zero-order chi connectivity index (χ0) is 10.8. The Morgan fingerprint density at radius 2 is 1.80 bits per heavy atom. The monoisotopic (exact) mass is 212 g/mol. The summed E-state index contributed by atoms with van der Waals surface area (Å²) in [7, 11) is 0. The highest BCUT2D eigenvalue weighted by Gasteiger charge is 2.48. The van der Waals surface area contributed by atoms with Crippen molar-refractivity contribution >= 4 is 11.9 Å². The van der Waals surface area contributed by atoms with Gasteiger partial charge >= 0.3 is 5.97 Å². The van der Waals surface area contributed by atoms with Crippen LogP contribution >= 0.6 is 0 Å². The van der Waals surface area contributed by atoms with Crippen molar-refractivity contribution in [2.24, 2.45) is 11.8 Å². The van der Waals surface area contributed by atoms with Crippen molar-refractivity contribution in [1.29, 1.82) is 0 Å². The molecule has 2 N–H and O–H groups in total. The number of rotatable bonds is 3. The zero-order valence-electron chi connectivity index (χ0n) is 8.61. The van der Waals surface area contributed by atoms with Crippen molar-refractivity contribution in [2.75, 3.05) is 13.1 Å². The fourth-order valence-corrected chi connectivity index (χ4v) is 2.00. The van der Waals surface area contributed by atoms with E-state index in [1.807, 2.05) is 5.01 Å². The maximum absolute atomic E-state index is 11.6. The Balaban J connectivity index is 1.75. The van der Waals surface area contributed by atoms with E-state index in [2.05, 4.69) is 5.43 Å². The molecule has 15 heavy (non-hydrogen) atoms. The van der Waals surface area contributed by atoms with Crippen LogP contribution in [0.1, 0.15) is 25.7 Å². The number of carbonyl (C=O) groups is 2. The van der Waals surface area contributed by atoms with Crippen LogP contribution in [0.3, 0.4) is 0 Å². The fraction of sp³-hybridized carbons (Fsp3) is 0.800. The molecule has 2 atom stereocenters. The highest BCUT2D eigenvalue weighted by molar-refractivity contribution is 5.89. The molecule has 1 amide bonds. The van der Waals surface area contributed by atoms with E-state index >= 15 is 0 Å². The molecule has 84 valence electrons. The summed E-state index contributed by atoms with van der Waals surface area (Å²) in [6.45, 7) is 1.77. The molecule has 1 aliphatic carbocycles. The summed E-state index contributed by atoms with van der Waals surface area (Å²) < 4.78 is 0. The first-order chi connectivity index (χ1) is 7.18. The molecule has 1 saturated heterocycles. The molecular weight excluding hydrogens is 196 g/mol. The maximum atomic E-state index is 11.6. The number of carboxylic acid groups (broad SMARTS) is 1. The Morgan fingerprint density at radius 3 is 2.33 bits per heavy atom. The summed E-state index contributed by atoms with van der Waals surface area (Å²) in [5, 5.41) is 10.6. The van der Waals surface area contributed by atoms with Gasteiger partial charge in [-0.25, -0.2) is 5.01 Å². The third kappa shape index (κ3) is 2.47. The summed E-state index contributed by atoms with van der Waals surface area (Å²) in [4.78, 5) is 22.1. The molecular formula is C10H16N2O3. The second-order valence-corrected chi connectivity index (χ2v) is 4.31. The Morgan fingerprint density at radius 1 is 1.13 bits per heavy atom. The van der Waals surface area contributed by atoms with Gasteiger partial charge in [-0.15, -0.1) is 0 Å². The summed E-state index contributed by atoms with van der Waals surface area (Å²) in [5.41, 5.74) is 2.80. The molecule has 1 heterocycles. The van der Waals surface area contributed by atoms with E-state index in [-0.39, 0.29) is 11.8 Å². The van der Waals surface area contributed by atoms with Gasteiger partial charge in [-0.2, -0.15) is 0 Å². The average Bonchev–Trinajstić information content (AvgIpc) is 2.98. The molecule has 1 saturated carbocycles. The van der Waals surface area contributed by atoms with E-state index in [0.29, 0.717) is 6.42 Å². The van der Waals surface area contributed by atoms with E-state index in [4.69, 9.17) is 5.11 Å². The molecule has 0 aromatic carbocycles. The van der Waals surface area contributed by atoms with Crippen LogP contribution in [0.15, 0.2) is 0 Å². The summed E-state index contributed by atoms with van der Waals surface area (Å²) in [6.07, 6.45) is 3.92. The summed E-state index contributed by atoms with van der Waals surface area (Å²) in [6, 6.07) is 0. The van der Waals surface area contributed by atoms with Crippen LogP contribution in [0.5, 0.6) is 0 Å².